The summed E-state index contributed by atoms with van der Waals surface area (Å²) in [4.78, 5) is 24.5. The number of aromatic nitrogens is 3. The van der Waals surface area contributed by atoms with E-state index in [1.165, 1.54) is 6.07 Å². The zero-order valence-electron chi connectivity index (χ0n) is 16.2. The molecule has 3 aromatic heterocycles. The molecule has 3 aromatic rings. The molecule has 0 unspecified atom stereocenters. The first-order chi connectivity index (χ1) is 14.8. The van der Waals surface area contributed by atoms with E-state index in [4.69, 9.17) is 0 Å². The minimum absolute atomic E-state index is 0.0393. The number of hydrogen-bond acceptors (Lipinski definition) is 6. The zero-order chi connectivity index (χ0) is 22.0. The highest BCUT2D eigenvalue weighted by molar-refractivity contribution is 5.99. The molecule has 0 bridgehead atoms. The molecule has 1 saturated carbocycles. The number of ether oxygens (including phenoxy) is 1. The molecule has 0 aromatic carbocycles. The van der Waals surface area contributed by atoms with Crippen molar-refractivity contribution in [2.75, 3.05) is 17.7 Å². The molecule has 10 heteroatoms. The van der Waals surface area contributed by atoms with Crippen molar-refractivity contribution in [1.29, 1.82) is 0 Å². The molecular weight excluding hydrogens is 411 g/mol. The van der Waals surface area contributed by atoms with Gasteiger partial charge in [0.2, 0.25) is 5.91 Å². The number of amides is 1. The summed E-state index contributed by atoms with van der Waals surface area (Å²) < 4.78 is 40.6. The Morgan fingerprint density at radius 1 is 1.10 bits per heavy atom. The van der Waals surface area contributed by atoms with Gasteiger partial charge >= 0.3 is 6.36 Å². The van der Waals surface area contributed by atoms with E-state index >= 15 is 0 Å². The van der Waals surface area contributed by atoms with Gasteiger partial charge in [-0.3, -0.25) is 4.79 Å². The van der Waals surface area contributed by atoms with E-state index in [1.807, 2.05) is 0 Å². The first-order valence-electron chi connectivity index (χ1n) is 9.33. The van der Waals surface area contributed by atoms with E-state index in [2.05, 4.69) is 42.2 Å². The van der Waals surface area contributed by atoms with Crippen LogP contribution in [-0.2, 0) is 4.79 Å². The minimum atomic E-state index is -4.78. The van der Waals surface area contributed by atoms with Crippen LogP contribution in [0.5, 0.6) is 5.75 Å². The van der Waals surface area contributed by atoms with Crippen LogP contribution in [-0.4, -0.2) is 34.3 Å². The lowest BCUT2D eigenvalue weighted by atomic mass is 10.1. The fourth-order valence-corrected chi connectivity index (χ4v) is 2.86. The van der Waals surface area contributed by atoms with E-state index in [0.717, 1.165) is 25.1 Å². The normalized spacial score (nSPS) is 13.3. The molecule has 1 aliphatic carbocycles. The van der Waals surface area contributed by atoms with Gasteiger partial charge in [0.1, 0.15) is 23.1 Å². The molecule has 0 spiro atoms. The Bertz CT molecular complexity index is 1200. The smallest absolute Gasteiger partial charge is 0.404 e. The van der Waals surface area contributed by atoms with Crippen molar-refractivity contribution in [1.82, 2.24) is 15.0 Å². The van der Waals surface area contributed by atoms with Crippen LogP contribution in [0.3, 0.4) is 0 Å². The molecule has 0 aliphatic heterocycles. The Labute approximate surface area is 175 Å². The van der Waals surface area contributed by atoms with Crippen LogP contribution < -0.4 is 15.4 Å². The van der Waals surface area contributed by atoms with Crippen molar-refractivity contribution < 1.29 is 22.7 Å². The van der Waals surface area contributed by atoms with Crippen LogP contribution in [0.2, 0.25) is 0 Å². The van der Waals surface area contributed by atoms with Crippen LogP contribution in [0.1, 0.15) is 24.1 Å². The Kier molecular flexibility index (Phi) is 5.33. The lowest BCUT2D eigenvalue weighted by Gasteiger charge is -2.09. The average Bonchev–Trinajstić information content (AvgIpc) is 3.57. The number of pyridine rings is 3. The van der Waals surface area contributed by atoms with Gasteiger partial charge in [-0.2, -0.15) is 0 Å². The lowest BCUT2D eigenvalue weighted by Crippen LogP contribution is -2.17. The van der Waals surface area contributed by atoms with Gasteiger partial charge in [0.25, 0.3) is 0 Å². The maximum absolute atomic E-state index is 12.3. The second kappa shape index (κ2) is 8.10. The standard InChI is InChI=1S/C21H16F3N5O2/c1-25-19-17-11-27-18(29-20(30)12-2-3-12)8-16(17)13(9-28-19)4-5-14-6-7-15(10-26-14)31-21(22,23)24/h6-12H,2-3H2,1H3,(H,25,28)(H,27,29,30). The quantitative estimate of drug-likeness (QED) is 0.617. The van der Waals surface area contributed by atoms with Crippen molar-refractivity contribution in [3.8, 4) is 17.6 Å². The van der Waals surface area contributed by atoms with Gasteiger partial charge in [0, 0.05) is 36.1 Å². The molecule has 2 N–H and O–H groups in total. The van der Waals surface area contributed by atoms with Crippen LogP contribution in [0.4, 0.5) is 24.8 Å². The summed E-state index contributed by atoms with van der Waals surface area (Å²) in [5, 5.41) is 7.20. The van der Waals surface area contributed by atoms with Gasteiger partial charge in [-0.15, -0.1) is 13.2 Å². The Hall–Kier alpha value is -3.87. The van der Waals surface area contributed by atoms with Crippen molar-refractivity contribution in [2.45, 2.75) is 19.2 Å². The number of anilines is 2. The van der Waals surface area contributed by atoms with Crippen LogP contribution >= 0.6 is 0 Å². The topological polar surface area (TPSA) is 89.0 Å². The molecule has 4 rings (SSSR count). The van der Waals surface area contributed by atoms with Gasteiger partial charge in [0.15, 0.2) is 0 Å². The molecule has 1 amide bonds. The van der Waals surface area contributed by atoms with Crippen LogP contribution in [0, 0.1) is 17.8 Å². The predicted molar refractivity (Wildman–Crippen MR) is 107 cm³/mol. The first-order valence-corrected chi connectivity index (χ1v) is 9.33. The molecule has 0 radical (unpaired) electrons. The van der Waals surface area contributed by atoms with Gasteiger partial charge in [0.05, 0.1) is 11.8 Å². The highest BCUT2D eigenvalue weighted by atomic mass is 19.4. The largest absolute Gasteiger partial charge is 0.573 e. The summed E-state index contributed by atoms with van der Waals surface area (Å²) in [6.45, 7) is 0. The number of alkyl halides is 3. The molecular formula is C21H16F3N5O2. The Morgan fingerprint density at radius 2 is 1.90 bits per heavy atom. The number of carbonyl (C=O) groups excluding carboxylic acids is 1. The molecule has 0 atom stereocenters. The SMILES string of the molecule is CNc1ncc(C#Cc2ccc(OC(F)(F)F)cn2)c2cc(NC(=O)C3CC3)ncc12. The monoisotopic (exact) mass is 427 g/mol. The third-order valence-corrected chi connectivity index (χ3v) is 4.50. The number of fused-ring (bicyclic) bond motifs is 1. The lowest BCUT2D eigenvalue weighted by molar-refractivity contribution is -0.274. The third-order valence-electron chi connectivity index (χ3n) is 4.50. The molecule has 158 valence electrons. The Morgan fingerprint density at radius 3 is 2.55 bits per heavy atom. The van der Waals surface area contributed by atoms with Gasteiger partial charge in [-0.05, 0) is 37.0 Å². The number of halogens is 3. The number of carbonyl (C=O) groups is 1. The average molecular weight is 427 g/mol. The van der Waals surface area contributed by atoms with E-state index in [0.29, 0.717) is 28.0 Å². The van der Waals surface area contributed by atoms with E-state index in [-0.39, 0.29) is 17.5 Å². The van der Waals surface area contributed by atoms with Crippen molar-refractivity contribution in [3.63, 3.8) is 0 Å². The summed E-state index contributed by atoms with van der Waals surface area (Å²) in [6.07, 6.45) is 1.09. The fourth-order valence-electron chi connectivity index (χ4n) is 2.86. The number of nitrogens with one attached hydrogen (secondary N) is 2. The minimum Gasteiger partial charge on any atom is -0.404 e. The summed E-state index contributed by atoms with van der Waals surface area (Å²) in [5.74, 6) is 6.29. The van der Waals surface area contributed by atoms with E-state index in [1.54, 1.807) is 25.5 Å². The van der Waals surface area contributed by atoms with Gasteiger partial charge in [-0.25, -0.2) is 15.0 Å². The number of rotatable bonds is 4. The molecule has 7 nitrogen and oxygen atoms in total. The number of hydrogen-bond donors (Lipinski definition) is 2. The highest BCUT2D eigenvalue weighted by Gasteiger charge is 2.31. The summed E-state index contributed by atoms with van der Waals surface area (Å²) in [7, 11) is 1.73. The summed E-state index contributed by atoms with van der Waals surface area (Å²) >= 11 is 0. The second-order valence-corrected chi connectivity index (χ2v) is 6.83. The van der Waals surface area contributed by atoms with Gasteiger partial charge in [-0.1, -0.05) is 5.92 Å². The maximum atomic E-state index is 12.3. The van der Waals surface area contributed by atoms with E-state index in [9.17, 15) is 18.0 Å². The highest BCUT2D eigenvalue weighted by Crippen LogP contribution is 2.31. The maximum Gasteiger partial charge on any atom is 0.573 e. The first kappa shape index (κ1) is 20.4. The second-order valence-electron chi connectivity index (χ2n) is 6.83. The van der Waals surface area contributed by atoms with Gasteiger partial charge < -0.3 is 15.4 Å². The molecule has 1 aliphatic rings. The van der Waals surface area contributed by atoms with Crippen molar-refractivity contribution >= 4 is 28.3 Å². The number of nitrogens with zero attached hydrogens (tertiary/aromatic N) is 3. The molecule has 3 heterocycles. The molecule has 0 saturated heterocycles. The van der Waals surface area contributed by atoms with Crippen molar-refractivity contribution in [3.05, 3.63) is 48.0 Å². The fraction of sp³-hybridized carbons (Fsp3) is 0.238. The molecule has 31 heavy (non-hydrogen) atoms. The van der Waals surface area contributed by atoms with Crippen molar-refractivity contribution in [2.24, 2.45) is 5.92 Å². The third kappa shape index (κ3) is 5.01. The van der Waals surface area contributed by atoms with E-state index < -0.39 is 12.1 Å². The van der Waals surface area contributed by atoms with Crippen LogP contribution in [0.25, 0.3) is 10.8 Å². The van der Waals surface area contributed by atoms with Crippen LogP contribution in [0.15, 0.2) is 36.8 Å². The molecule has 1 fully saturated rings. The Balaban J connectivity index is 1.64. The summed E-state index contributed by atoms with van der Waals surface area (Å²) in [5.41, 5.74) is 0.812. The zero-order valence-corrected chi connectivity index (χ0v) is 16.2. The summed E-state index contributed by atoms with van der Waals surface area (Å²) in [6, 6.07) is 4.19. The predicted octanol–water partition coefficient (Wildman–Crippen LogP) is 3.71.